The van der Waals surface area contributed by atoms with E-state index in [4.69, 9.17) is 0 Å². The van der Waals surface area contributed by atoms with Crippen molar-refractivity contribution < 1.29 is 17.6 Å². The maximum atomic E-state index is 14.0. The number of amides is 1. The first-order valence-electron chi connectivity index (χ1n) is 10.2. The smallest absolute Gasteiger partial charge is 0.236 e. The van der Waals surface area contributed by atoms with E-state index in [0.717, 1.165) is 24.5 Å². The van der Waals surface area contributed by atoms with E-state index in [2.05, 4.69) is 4.90 Å². The van der Waals surface area contributed by atoms with Crippen molar-refractivity contribution in [3.8, 4) is 10.4 Å². The highest BCUT2D eigenvalue weighted by Crippen LogP contribution is 2.30. The van der Waals surface area contributed by atoms with Crippen LogP contribution in [0.3, 0.4) is 0 Å². The van der Waals surface area contributed by atoms with Crippen molar-refractivity contribution in [2.24, 2.45) is 0 Å². The Hall–Kier alpha value is -1.81. The summed E-state index contributed by atoms with van der Waals surface area (Å²) in [5, 5.41) is 0. The lowest BCUT2D eigenvalue weighted by molar-refractivity contribution is -0.134. The second-order valence-electron chi connectivity index (χ2n) is 7.83. The van der Waals surface area contributed by atoms with Crippen LogP contribution in [0.4, 0.5) is 4.39 Å². The minimum atomic E-state index is -2.92. The lowest BCUT2D eigenvalue weighted by Crippen LogP contribution is -2.52. The molecule has 0 N–H and O–H groups in total. The van der Waals surface area contributed by atoms with E-state index in [9.17, 15) is 17.6 Å². The average Bonchev–Trinajstić information content (AvgIpc) is 3.18. The number of carbonyl (C=O) groups excluding carboxylic acids is 1. The lowest BCUT2D eigenvalue weighted by atomic mass is 10.2. The number of sulfone groups is 1. The Morgan fingerprint density at radius 2 is 1.63 bits per heavy atom. The number of thiophene rings is 1. The molecular weight excluding hydrogens is 425 g/mol. The minimum absolute atomic E-state index is 0.0758. The third kappa shape index (κ3) is 5.26. The summed E-state index contributed by atoms with van der Waals surface area (Å²) in [6, 6.07) is 10.8. The van der Waals surface area contributed by atoms with Crippen LogP contribution in [0, 0.1) is 5.82 Å². The summed E-state index contributed by atoms with van der Waals surface area (Å²) < 4.78 is 37.0. The number of rotatable bonds is 5. The van der Waals surface area contributed by atoms with Crippen molar-refractivity contribution in [2.75, 3.05) is 57.3 Å². The molecule has 6 nitrogen and oxygen atoms in total. The summed E-state index contributed by atoms with van der Waals surface area (Å²) >= 11 is 1.61. The number of carbonyl (C=O) groups is 1. The van der Waals surface area contributed by atoms with E-state index in [1.54, 1.807) is 23.5 Å². The van der Waals surface area contributed by atoms with Crippen LogP contribution < -0.4 is 0 Å². The normalized spacial score (nSPS) is 20.4. The molecule has 0 saturated carbocycles. The molecule has 2 fully saturated rings. The van der Waals surface area contributed by atoms with Crippen molar-refractivity contribution in [1.82, 2.24) is 14.7 Å². The van der Waals surface area contributed by atoms with Crippen LogP contribution in [0.2, 0.25) is 0 Å². The van der Waals surface area contributed by atoms with Crippen LogP contribution in [0.1, 0.15) is 4.88 Å². The summed E-state index contributed by atoms with van der Waals surface area (Å²) in [6.07, 6.45) is 0. The molecule has 1 aromatic heterocycles. The highest BCUT2D eigenvalue weighted by Gasteiger charge is 2.26. The first-order chi connectivity index (χ1) is 14.4. The van der Waals surface area contributed by atoms with Gasteiger partial charge in [0.1, 0.15) is 5.82 Å². The molecule has 2 aromatic rings. The number of benzene rings is 1. The average molecular weight is 452 g/mol. The van der Waals surface area contributed by atoms with Crippen molar-refractivity contribution in [3.63, 3.8) is 0 Å². The molecule has 2 aliphatic heterocycles. The first kappa shape index (κ1) is 21.4. The van der Waals surface area contributed by atoms with Gasteiger partial charge in [-0.2, -0.15) is 0 Å². The summed E-state index contributed by atoms with van der Waals surface area (Å²) in [5.74, 6) is 0.157. The summed E-state index contributed by atoms with van der Waals surface area (Å²) in [5.41, 5.74) is 0.634. The van der Waals surface area contributed by atoms with Gasteiger partial charge >= 0.3 is 0 Å². The van der Waals surface area contributed by atoms with Gasteiger partial charge in [-0.05, 0) is 18.2 Å². The molecule has 0 radical (unpaired) electrons. The Bertz CT molecular complexity index is 986. The Balaban J connectivity index is 1.25. The standard InChI is InChI=1S/C21H26FN3O3S2/c22-19-4-2-1-3-18(19)20-6-5-17(29-20)15-23-7-9-25(10-8-23)21(26)16-24-11-13-30(27,28)14-12-24/h1-6H,7-16H2. The Morgan fingerprint density at radius 3 is 2.33 bits per heavy atom. The van der Waals surface area contributed by atoms with Crippen LogP contribution in [0.15, 0.2) is 36.4 Å². The molecule has 162 valence electrons. The van der Waals surface area contributed by atoms with Gasteiger partial charge in [0.25, 0.3) is 0 Å². The van der Waals surface area contributed by atoms with Gasteiger partial charge in [-0.25, -0.2) is 12.8 Å². The number of nitrogens with zero attached hydrogens (tertiary/aromatic N) is 3. The number of piperazine rings is 1. The SMILES string of the molecule is O=C(CN1CCS(=O)(=O)CC1)N1CCN(Cc2ccc(-c3ccccc3F)s2)CC1. The predicted molar refractivity (Wildman–Crippen MR) is 117 cm³/mol. The van der Waals surface area contributed by atoms with Crippen molar-refractivity contribution in [3.05, 3.63) is 47.1 Å². The Labute approximate surface area is 180 Å². The molecule has 1 amide bonds. The van der Waals surface area contributed by atoms with E-state index in [1.807, 2.05) is 28.0 Å². The molecule has 0 atom stereocenters. The van der Waals surface area contributed by atoms with E-state index in [-0.39, 0.29) is 23.2 Å². The fraction of sp³-hybridized carbons (Fsp3) is 0.476. The van der Waals surface area contributed by atoms with E-state index in [1.165, 1.54) is 10.9 Å². The Kier molecular flexibility index (Phi) is 6.52. The second kappa shape index (κ2) is 9.13. The summed E-state index contributed by atoms with van der Waals surface area (Å²) in [7, 11) is -2.92. The predicted octanol–water partition coefficient (Wildman–Crippen LogP) is 1.93. The van der Waals surface area contributed by atoms with Gasteiger partial charge in [0, 0.05) is 61.1 Å². The van der Waals surface area contributed by atoms with Gasteiger partial charge in [0.05, 0.1) is 18.1 Å². The highest BCUT2D eigenvalue weighted by atomic mass is 32.2. The molecule has 0 bridgehead atoms. The molecule has 3 heterocycles. The Morgan fingerprint density at radius 1 is 0.933 bits per heavy atom. The number of hydrogen-bond donors (Lipinski definition) is 0. The molecular formula is C21H26FN3O3S2. The third-order valence-corrected chi connectivity index (χ3v) is 8.41. The van der Waals surface area contributed by atoms with Crippen LogP contribution >= 0.6 is 11.3 Å². The summed E-state index contributed by atoms with van der Waals surface area (Å²) in [4.78, 5) is 20.8. The lowest BCUT2D eigenvalue weighted by Gasteiger charge is -2.36. The van der Waals surface area contributed by atoms with Gasteiger partial charge in [0.15, 0.2) is 9.84 Å². The maximum absolute atomic E-state index is 14.0. The van der Waals surface area contributed by atoms with Crippen LogP contribution in [0.5, 0.6) is 0 Å². The molecule has 1 aromatic carbocycles. The monoisotopic (exact) mass is 451 g/mol. The van der Waals surface area contributed by atoms with Gasteiger partial charge in [-0.3, -0.25) is 14.6 Å². The molecule has 2 saturated heterocycles. The highest BCUT2D eigenvalue weighted by molar-refractivity contribution is 7.91. The largest absolute Gasteiger partial charge is 0.339 e. The third-order valence-electron chi connectivity index (χ3n) is 5.70. The van der Waals surface area contributed by atoms with Gasteiger partial charge in [-0.15, -0.1) is 11.3 Å². The second-order valence-corrected chi connectivity index (χ2v) is 11.3. The zero-order valence-corrected chi connectivity index (χ0v) is 18.4. The first-order valence-corrected chi connectivity index (χ1v) is 12.8. The van der Waals surface area contributed by atoms with E-state index in [0.29, 0.717) is 38.3 Å². The van der Waals surface area contributed by atoms with Crippen molar-refractivity contribution in [2.45, 2.75) is 6.54 Å². The molecule has 0 spiro atoms. The van der Waals surface area contributed by atoms with Crippen LogP contribution in [0.25, 0.3) is 10.4 Å². The van der Waals surface area contributed by atoms with Crippen molar-refractivity contribution in [1.29, 1.82) is 0 Å². The number of halogens is 1. The molecule has 0 unspecified atom stereocenters. The maximum Gasteiger partial charge on any atom is 0.236 e. The van der Waals surface area contributed by atoms with E-state index < -0.39 is 9.84 Å². The molecule has 4 rings (SSSR count). The quantitative estimate of drug-likeness (QED) is 0.695. The molecule has 2 aliphatic rings. The van der Waals surface area contributed by atoms with Crippen LogP contribution in [-0.2, 0) is 21.2 Å². The molecule has 0 aliphatic carbocycles. The van der Waals surface area contributed by atoms with E-state index >= 15 is 0 Å². The van der Waals surface area contributed by atoms with Crippen LogP contribution in [-0.4, -0.2) is 86.3 Å². The van der Waals surface area contributed by atoms with Gasteiger partial charge in [0.2, 0.25) is 5.91 Å². The van der Waals surface area contributed by atoms with Gasteiger partial charge in [-0.1, -0.05) is 18.2 Å². The van der Waals surface area contributed by atoms with Gasteiger partial charge < -0.3 is 4.90 Å². The fourth-order valence-electron chi connectivity index (χ4n) is 3.84. The minimum Gasteiger partial charge on any atom is -0.339 e. The fourth-order valence-corrected chi connectivity index (χ4v) is 6.20. The molecule has 9 heteroatoms. The molecule has 30 heavy (non-hydrogen) atoms. The topological polar surface area (TPSA) is 60.9 Å². The summed E-state index contributed by atoms with van der Waals surface area (Å²) in [6.45, 7) is 4.93. The zero-order chi connectivity index (χ0) is 21.1. The number of hydrogen-bond acceptors (Lipinski definition) is 6. The zero-order valence-electron chi connectivity index (χ0n) is 16.8. The van der Waals surface area contributed by atoms with Crippen molar-refractivity contribution >= 4 is 27.1 Å².